The highest BCUT2D eigenvalue weighted by molar-refractivity contribution is 5.79. The molecule has 0 bridgehead atoms. The first-order chi connectivity index (χ1) is 12.7. The van der Waals surface area contributed by atoms with Gasteiger partial charge in [-0.3, -0.25) is 4.90 Å². The number of likely N-dealkylation sites (tertiary alicyclic amines) is 1. The molecule has 1 heterocycles. The van der Waals surface area contributed by atoms with E-state index in [1.165, 1.54) is 37.1 Å². The van der Waals surface area contributed by atoms with Crippen molar-refractivity contribution < 1.29 is 4.74 Å². The van der Waals surface area contributed by atoms with Gasteiger partial charge >= 0.3 is 0 Å². The van der Waals surface area contributed by atoms with E-state index in [0.717, 1.165) is 38.1 Å². The fourth-order valence-electron chi connectivity index (χ4n) is 3.43. The van der Waals surface area contributed by atoms with Gasteiger partial charge < -0.3 is 15.4 Å². The number of hydrogen-bond acceptors (Lipinski definition) is 3. The maximum atomic E-state index is 5.39. The smallest absolute Gasteiger partial charge is 0.191 e. The second-order valence-electron chi connectivity index (χ2n) is 7.07. The summed E-state index contributed by atoms with van der Waals surface area (Å²) in [5.41, 5.74) is 2.71. The second kappa shape index (κ2) is 11.9. The Kier molecular flexibility index (Phi) is 9.50. The van der Waals surface area contributed by atoms with Crippen LogP contribution in [-0.4, -0.2) is 50.3 Å². The fourth-order valence-corrected chi connectivity index (χ4v) is 3.43. The van der Waals surface area contributed by atoms with Crippen LogP contribution in [0.25, 0.3) is 0 Å². The summed E-state index contributed by atoms with van der Waals surface area (Å²) >= 11 is 0. The number of nitrogens with zero attached hydrogens (tertiary/aromatic N) is 2. The summed E-state index contributed by atoms with van der Waals surface area (Å²) in [6.45, 7) is 13.7. The number of guanidine groups is 1. The van der Waals surface area contributed by atoms with Gasteiger partial charge in [-0.2, -0.15) is 0 Å². The summed E-state index contributed by atoms with van der Waals surface area (Å²) in [6, 6.07) is 8.71. The minimum Gasteiger partial charge on any atom is -0.380 e. The van der Waals surface area contributed by atoms with Crippen LogP contribution in [-0.2, 0) is 17.8 Å². The van der Waals surface area contributed by atoms with Gasteiger partial charge in [-0.15, -0.1) is 0 Å². The standard InChI is InChI=1S/C21H36N4O/c1-4-22-21(23-12-14-26-5-2)24-15-19-10-6-7-11-20(19)17-25-13-8-9-18(3)16-25/h6-7,10-11,18H,4-5,8-9,12-17H2,1-3H3,(H2,22,23,24). The molecule has 0 amide bonds. The van der Waals surface area contributed by atoms with E-state index in [1.807, 2.05) is 6.92 Å². The summed E-state index contributed by atoms with van der Waals surface area (Å²) < 4.78 is 5.39. The first kappa shape index (κ1) is 20.7. The predicted molar refractivity (Wildman–Crippen MR) is 109 cm³/mol. The van der Waals surface area contributed by atoms with Crippen molar-refractivity contribution in [3.8, 4) is 0 Å². The maximum absolute atomic E-state index is 5.39. The molecule has 0 spiro atoms. The average Bonchev–Trinajstić information content (AvgIpc) is 2.64. The minimum absolute atomic E-state index is 0.698. The van der Waals surface area contributed by atoms with E-state index in [9.17, 15) is 0 Å². The summed E-state index contributed by atoms with van der Waals surface area (Å²) in [7, 11) is 0. The Bertz CT molecular complexity index is 547. The second-order valence-corrected chi connectivity index (χ2v) is 7.07. The van der Waals surface area contributed by atoms with E-state index in [-0.39, 0.29) is 0 Å². The number of aliphatic imine (C=N–C) groups is 1. The lowest BCUT2D eigenvalue weighted by Crippen LogP contribution is -2.39. The van der Waals surface area contributed by atoms with Crippen molar-refractivity contribution in [2.24, 2.45) is 10.9 Å². The predicted octanol–water partition coefficient (Wildman–Crippen LogP) is 3.01. The van der Waals surface area contributed by atoms with Gasteiger partial charge in [-0.05, 0) is 50.3 Å². The number of hydrogen-bond donors (Lipinski definition) is 2. The molecule has 1 fully saturated rings. The SMILES string of the molecule is CCNC(=NCc1ccccc1CN1CCCC(C)C1)NCCOCC. The molecule has 1 aliphatic heterocycles. The highest BCUT2D eigenvalue weighted by Gasteiger charge is 2.17. The molecule has 5 heteroatoms. The van der Waals surface area contributed by atoms with Gasteiger partial charge in [0.05, 0.1) is 13.2 Å². The molecule has 0 saturated carbocycles. The summed E-state index contributed by atoms with van der Waals surface area (Å²) in [4.78, 5) is 7.36. The van der Waals surface area contributed by atoms with Crippen molar-refractivity contribution in [2.45, 2.75) is 46.7 Å². The van der Waals surface area contributed by atoms with E-state index in [2.05, 4.69) is 53.6 Å². The first-order valence-corrected chi connectivity index (χ1v) is 10.1. The Morgan fingerprint density at radius 3 is 2.77 bits per heavy atom. The average molecular weight is 361 g/mol. The van der Waals surface area contributed by atoms with Crippen LogP contribution in [0.1, 0.15) is 44.7 Å². The minimum atomic E-state index is 0.698. The van der Waals surface area contributed by atoms with E-state index in [0.29, 0.717) is 13.2 Å². The molecule has 1 unspecified atom stereocenters. The van der Waals surface area contributed by atoms with Crippen molar-refractivity contribution in [3.05, 3.63) is 35.4 Å². The Morgan fingerprint density at radius 2 is 2.04 bits per heavy atom. The van der Waals surface area contributed by atoms with E-state index >= 15 is 0 Å². The highest BCUT2D eigenvalue weighted by atomic mass is 16.5. The molecule has 1 saturated heterocycles. The first-order valence-electron chi connectivity index (χ1n) is 10.1. The Labute approximate surface area is 159 Å². The summed E-state index contributed by atoms with van der Waals surface area (Å²) in [5.74, 6) is 1.66. The van der Waals surface area contributed by atoms with Gasteiger partial charge in [0.1, 0.15) is 0 Å². The lowest BCUT2D eigenvalue weighted by atomic mass is 9.99. The number of rotatable bonds is 9. The van der Waals surface area contributed by atoms with Crippen LogP contribution in [0, 0.1) is 5.92 Å². The quantitative estimate of drug-likeness (QED) is 0.404. The van der Waals surface area contributed by atoms with E-state index in [1.54, 1.807) is 0 Å². The number of ether oxygens (including phenoxy) is 1. The van der Waals surface area contributed by atoms with Gasteiger partial charge in [-0.25, -0.2) is 4.99 Å². The molecule has 146 valence electrons. The van der Waals surface area contributed by atoms with Crippen LogP contribution >= 0.6 is 0 Å². The molecule has 1 aromatic rings. The Morgan fingerprint density at radius 1 is 1.23 bits per heavy atom. The van der Waals surface area contributed by atoms with Gasteiger partial charge in [0.2, 0.25) is 0 Å². The fraction of sp³-hybridized carbons (Fsp3) is 0.667. The van der Waals surface area contributed by atoms with Gasteiger partial charge in [0.25, 0.3) is 0 Å². The van der Waals surface area contributed by atoms with Crippen molar-refractivity contribution in [1.82, 2.24) is 15.5 Å². The van der Waals surface area contributed by atoms with Crippen molar-refractivity contribution in [1.29, 1.82) is 0 Å². The lowest BCUT2D eigenvalue weighted by Gasteiger charge is -2.31. The topological polar surface area (TPSA) is 48.9 Å². The molecule has 0 radical (unpaired) electrons. The van der Waals surface area contributed by atoms with Gasteiger partial charge in [-0.1, -0.05) is 31.2 Å². The number of benzene rings is 1. The van der Waals surface area contributed by atoms with Crippen LogP contribution < -0.4 is 10.6 Å². The van der Waals surface area contributed by atoms with Crippen molar-refractivity contribution in [2.75, 3.05) is 39.4 Å². The molecule has 1 atom stereocenters. The summed E-state index contributed by atoms with van der Waals surface area (Å²) in [5, 5.41) is 6.65. The maximum Gasteiger partial charge on any atom is 0.191 e. The molecule has 2 rings (SSSR count). The Hall–Kier alpha value is -1.59. The van der Waals surface area contributed by atoms with Gasteiger partial charge in [0, 0.05) is 32.8 Å². The largest absolute Gasteiger partial charge is 0.380 e. The zero-order chi connectivity index (χ0) is 18.6. The number of piperidine rings is 1. The van der Waals surface area contributed by atoms with E-state index in [4.69, 9.17) is 9.73 Å². The molecule has 1 aromatic carbocycles. The van der Waals surface area contributed by atoms with Crippen molar-refractivity contribution >= 4 is 5.96 Å². The molecule has 0 aromatic heterocycles. The van der Waals surface area contributed by atoms with Crippen LogP contribution in [0.5, 0.6) is 0 Å². The molecular weight excluding hydrogens is 324 g/mol. The van der Waals surface area contributed by atoms with Crippen LogP contribution in [0.2, 0.25) is 0 Å². The third-order valence-corrected chi connectivity index (χ3v) is 4.75. The highest BCUT2D eigenvalue weighted by Crippen LogP contribution is 2.19. The van der Waals surface area contributed by atoms with Crippen molar-refractivity contribution in [3.63, 3.8) is 0 Å². The third kappa shape index (κ3) is 7.34. The molecule has 5 nitrogen and oxygen atoms in total. The van der Waals surface area contributed by atoms with Gasteiger partial charge in [0.15, 0.2) is 5.96 Å². The monoisotopic (exact) mass is 360 g/mol. The number of nitrogens with one attached hydrogen (secondary N) is 2. The van der Waals surface area contributed by atoms with Crippen LogP contribution in [0.3, 0.4) is 0 Å². The zero-order valence-corrected chi connectivity index (χ0v) is 16.8. The van der Waals surface area contributed by atoms with Crippen LogP contribution in [0.4, 0.5) is 0 Å². The molecule has 26 heavy (non-hydrogen) atoms. The third-order valence-electron chi connectivity index (χ3n) is 4.75. The Balaban J connectivity index is 1.96. The van der Waals surface area contributed by atoms with E-state index < -0.39 is 0 Å². The summed E-state index contributed by atoms with van der Waals surface area (Å²) in [6.07, 6.45) is 2.68. The lowest BCUT2D eigenvalue weighted by molar-refractivity contribution is 0.152. The molecular formula is C21H36N4O. The molecule has 1 aliphatic rings. The molecule has 2 N–H and O–H groups in total. The molecule has 0 aliphatic carbocycles. The normalized spacial score (nSPS) is 18.7. The van der Waals surface area contributed by atoms with Crippen LogP contribution in [0.15, 0.2) is 29.3 Å². The zero-order valence-electron chi connectivity index (χ0n) is 16.8.